The van der Waals surface area contributed by atoms with E-state index in [1.165, 1.54) is 0 Å². The number of aliphatic hydroxyl groups is 1. The molecule has 10 heteroatoms. The molecule has 0 saturated carbocycles. The normalized spacial score (nSPS) is 24.2. The van der Waals surface area contributed by atoms with Crippen LogP contribution in [-0.4, -0.2) is 61.9 Å². The maximum Gasteiger partial charge on any atom is 0.264 e. The number of carbonyl (C=O) groups is 3. The van der Waals surface area contributed by atoms with Crippen LogP contribution in [0.5, 0.6) is 0 Å². The fraction of sp³-hybridized carbons (Fsp3) is 0.432. The van der Waals surface area contributed by atoms with E-state index in [1.54, 1.807) is 27.8 Å². The van der Waals surface area contributed by atoms with Crippen molar-refractivity contribution in [3.63, 3.8) is 0 Å². The third kappa shape index (κ3) is 6.26. The van der Waals surface area contributed by atoms with E-state index in [4.69, 9.17) is 4.74 Å². The molecule has 0 aliphatic carbocycles. The lowest BCUT2D eigenvalue weighted by Crippen LogP contribution is -2.45. The zero-order valence-electron chi connectivity index (χ0n) is 27.4. The number of anilines is 2. The van der Waals surface area contributed by atoms with E-state index in [1.807, 2.05) is 85.8 Å². The smallest absolute Gasteiger partial charge is 0.264 e. The van der Waals surface area contributed by atoms with Gasteiger partial charge in [-0.3, -0.25) is 14.4 Å². The zero-order valence-corrected chi connectivity index (χ0v) is 28.4. The van der Waals surface area contributed by atoms with Crippen molar-refractivity contribution in [1.29, 1.82) is 0 Å². The summed E-state index contributed by atoms with van der Waals surface area (Å²) in [5, 5.41) is 9.81. The predicted molar refractivity (Wildman–Crippen MR) is 182 cm³/mol. The number of nitrogens with zero attached hydrogens (tertiary/aromatic N) is 3. The Balaban J connectivity index is 1.40. The molecule has 3 aromatic carbocycles. The molecule has 3 amide bonds. The monoisotopic (exact) mass is 657 g/mol. The molecule has 8 nitrogen and oxygen atoms in total. The van der Waals surface area contributed by atoms with E-state index in [9.17, 15) is 19.5 Å². The standard InChI is InChI=1S/C37H44FN3O5Si/c1-26-35(47(2,3)38)32(23-34(44)39(20-21-42)24-27-12-6-4-7-13-27)46-37(26)30-22-29(40-19-11-10-16-33(40)43)17-18-31(30)41(36(37)45)25-28-14-8-5-9-15-28/h4-9,12-15,17-18,22,26,32,35,42H,10-11,16,19-21,23-25H2,1-3H3/t26-,32+,35-,37+/m1/s1. The number of benzene rings is 3. The first kappa shape index (κ1) is 33.1. The van der Waals surface area contributed by atoms with Crippen LogP contribution < -0.4 is 9.80 Å². The fourth-order valence-corrected chi connectivity index (χ4v) is 10.4. The third-order valence-electron chi connectivity index (χ3n) is 10.1. The molecule has 3 aliphatic heterocycles. The molecular weight excluding hydrogens is 614 g/mol. The van der Waals surface area contributed by atoms with Crippen molar-refractivity contribution in [1.82, 2.24) is 4.90 Å². The lowest BCUT2D eigenvalue weighted by Gasteiger charge is -2.32. The Morgan fingerprint density at radius 3 is 2.34 bits per heavy atom. The van der Waals surface area contributed by atoms with Gasteiger partial charge in [0.25, 0.3) is 5.91 Å². The van der Waals surface area contributed by atoms with Crippen molar-refractivity contribution in [2.24, 2.45) is 5.92 Å². The number of rotatable bonds is 10. The second-order valence-electron chi connectivity index (χ2n) is 13.6. The molecule has 0 aromatic heterocycles. The van der Waals surface area contributed by atoms with Gasteiger partial charge in [0, 0.05) is 48.8 Å². The molecule has 248 valence electrons. The van der Waals surface area contributed by atoms with Gasteiger partial charge in [-0.2, -0.15) is 0 Å². The van der Waals surface area contributed by atoms with Crippen LogP contribution in [0, 0.1) is 5.92 Å². The fourth-order valence-electron chi connectivity index (χ4n) is 7.92. The van der Waals surface area contributed by atoms with Crippen LogP contribution in [0.25, 0.3) is 0 Å². The Morgan fingerprint density at radius 2 is 1.70 bits per heavy atom. The van der Waals surface area contributed by atoms with Gasteiger partial charge in [-0.05, 0) is 55.3 Å². The maximum absolute atomic E-state index is 16.5. The number of hydrogen-bond acceptors (Lipinski definition) is 5. The highest BCUT2D eigenvalue weighted by Crippen LogP contribution is 2.60. The molecule has 0 radical (unpaired) electrons. The van der Waals surface area contributed by atoms with Crippen molar-refractivity contribution in [2.75, 3.05) is 29.5 Å². The number of aliphatic hydroxyl groups excluding tert-OH is 1. The minimum Gasteiger partial charge on any atom is -0.395 e. The van der Waals surface area contributed by atoms with Crippen molar-refractivity contribution < 1.29 is 28.3 Å². The number of halogens is 1. The highest BCUT2D eigenvalue weighted by Gasteiger charge is 2.67. The van der Waals surface area contributed by atoms with Gasteiger partial charge < -0.3 is 28.7 Å². The van der Waals surface area contributed by atoms with E-state index >= 15 is 4.11 Å². The van der Waals surface area contributed by atoms with Gasteiger partial charge in [-0.1, -0.05) is 67.6 Å². The average molecular weight is 658 g/mol. The Kier molecular flexibility index (Phi) is 9.38. The first-order valence-corrected chi connectivity index (χ1v) is 19.6. The number of hydrogen-bond donors (Lipinski definition) is 1. The van der Waals surface area contributed by atoms with Crippen LogP contribution in [0.3, 0.4) is 0 Å². The Morgan fingerprint density at radius 1 is 1.02 bits per heavy atom. The summed E-state index contributed by atoms with van der Waals surface area (Å²) < 4.78 is 23.3. The third-order valence-corrected chi connectivity index (χ3v) is 12.5. The molecular formula is C37H44FN3O5Si. The molecule has 3 aliphatic rings. The highest BCUT2D eigenvalue weighted by molar-refractivity contribution is 6.72. The van der Waals surface area contributed by atoms with Gasteiger partial charge in [-0.25, -0.2) is 0 Å². The van der Waals surface area contributed by atoms with E-state index in [0.717, 1.165) is 24.0 Å². The summed E-state index contributed by atoms with van der Waals surface area (Å²) in [6, 6.07) is 24.9. The number of piperidine rings is 1. The summed E-state index contributed by atoms with van der Waals surface area (Å²) in [4.78, 5) is 46.7. The predicted octanol–water partition coefficient (Wildman–Crippen LogP) is 5.94. The first-order valence-electron chi connectivity index (χ1n) is 16.6. The number of ether oxygens (including phenoxy) is 1. The van der Waals surface area contributed by atoms with Crippen molar-refractivity contribution in [2.45, 2.75) is 76.0 Å². The molecule has 0 unspecified atom stereocenters. The molecule has 6 rings (SSSR count). The first-order chi connectivity index (χ1) is 22.5. The van der Waals surface area contributed by atoms with E-state index < -0.39 is 31.6 Å². The van der Waals surface area contributed by atoms with Crippen LogP contribution in [-0.2, 0) is 37.8 Å². The Hall–Kier alpha value is -3.86. The van der Waals surface area contributed by atoms with Gasteiger partial charge in [0.05, 0.1) is 31.4 Å². The summed E-state index contributed by atoms with van der Waals surface area (Å²) in [6.45, 7) is 6.23. The van der Waals surface area contributed by atoms with E-state index in [2.05, 4.69) is 0 Å². The van der Waals surface area contributed by atoms with Gasteiger partial charge in [0.15, 0.2) is 5.60 Å². The highest BCUT2D eigenvalue weighted by atomic mass is 28.4. The minimum absolute atomic E-state index is 0.0390. The molecule has 2 saturated heterocycles. The Bertz CT molecular complexity index is 1620. The van der Waals surface area contributed by atoms with Crippen LogP contribution >= 0.6 is 0 Å². The molecule has 4 atom stereocenters. The molecule has 3 aromatic rings. The molecule has 2 fully saturated rings. The maximum atomic E-state index is 16.5. The number of carbonyl (C=O) groups excluding carboxylic acids is 3. The molecule has 47 heavy (non-hydrogen) atoms. The number of amides is 3. The van der Waals surface area contributed by atoms with E-state index in [0.29, 0.717) is 43.0 Å². The largest absolute Gasteiger partial charge is 0.395 e. The lowest BCUT2D eigenvalue weighted by molar-refractivity contribution is -0.150. The second kappa shape index (κ2) is 13.3. The van der Waals surface area contributed by atoms with Gasteiger partial charge in [0.1, 0.15) is 0 Å². The quantitative estimate of drug-likeness (QED) is 0.216. The second-order valence-corrected chi connectivity index (χ2v) is 17.4. The molecule has 3 heterocycles. The van der Waals surface area contributed by atoms with Gasteiger partial charge in [0.2, 0.25) is 20.2 Å². The Labute approximate surface area is 277 Å². The van der Waals surface area contributed by atoms with Crippen LogP contribution in [0.4, 0.5) is 15.5 Å². The van der Waals surface area contributed by atoms with Crippen LogP contribution in [0.1, 0.15) is 49.3 Å². The average Bonchev–Trinajstić information content (AvgIpc) is 3.48. The van der Waals surface area contributed by atoms with Gasteiger partial charge in [-0.15, -0.1) is 0 Å². The summed E-state index contributed by atoms with van der Waals surface area (Å²) in [5.41, 5.74) is 1.67. The van der Waals surface area contributed by atoms with Gasteiger partial charge >= 0.3 is 0 Å². The van der Waals surface area contributed by atoms with Crippen LogP contribution in [0.15, 0.2) is 78.9 Å². The summed E-state index contributed by atoms with van der Waals surface area (Å²) in [5.74, 6) is -1.08. The lowest BCUT2D eigenvalue weighted by atomic mass is 9.82. The van der Waals surface area contributed by atoms with Crippen molar-refractivity contribution in [3.8, 4) is 0 Å². The molecule has 1 spiro atoms. The van der Waals surface area contributed by atoms with Crippen molar-refractivity contribution >= 4 is 37.5 Å². The summed E-state index contributed by atoms with van der Waals surface area (Å²) in [7, 11) is -3.52. The van der Waals surface area contributed by atoms with Crippen molar-refractivity contribution in [3.05, 3.63) is 95.6 Å². The SMILES string of the molecule is C[C@@H]1[C@@H]([Si](C)(C)F)[C@H](CC(=O)N(CCO)Cc2ccccc2)O[C@@]12C(=O)N(Cc1ccccc1)c1ccc(N3CCCCC3=O)cc12. The summed E-state index contributed by atoms with van der Waals surface area (Å²) in [6.07, 6.45) is 1.24. The number of fused-ring (bicyclic) bond motifs is 2. The minimum atomic E-state index is -3.52. The topological polar surface area (TPSA) is 90.4 Å². The zero-order chi connectivity index (χ0) is 33.3. The van der Waals surface area contributed by atoms with E-state index in [-0.39, 0.29) is 37.3 Å². The molecule has 0 bridgehead atoms. The molecule has 1 N–H and O–H groups in total. The van der Waals surface area contributed by atoms with Crippen LogP contribution in [0.2, 0.25) is 18.6 Å². The summed E-state index contributed by atoms with van der Waals surface area (Å²) >= 11 is 0.